The molecule has 3 rings (SSSR count). The van der Waals surface area contributed by atoms with Gasteiger partial charge >= 0.3 is 0 Å². The van der Waals surface area contributed by atoms with Crippen LogP contribution in [0.4, 0.5) is 0 Å². The second-order valence-electron chi connectivity index (χ2n) is 7.09. The Balaban J connectivity index is 1.70. The molecular weight excluding hydrogens is 322 g/mol. The van der Waals surface area contributed by atoms with Gasteiger partial charge in [0.15, 0.2) is 0 Å². The number of likely N-dealkylation sites (N-methyl/N-ethyl adjacent to an activating group) is 1. The van der Waals surface area contributed by atoms with Gasteiger partial charge in [0.1, 0.15) is 0 Å². The number of benzene rings is 2. The van der Waals surface area contributed by atoms with E-state index in [4.69, 9.17) is 5.73 Å². The summed E-state index contributed by atoms with van der Waals surface area (Å²) in [5, 5.41) is 0. The normalized spacial score (nSPS) is 15.8. The number of hydrogen-bond donors (Lipinski definition) is 1. The van der Waals surface area contributed by atoms with Gasteiger partial charge in [-0.05, 0) is 42.6 Å². The van der Waals surface area contributed by atoms with Crippen LogP contribution < -0.4 is 5.73 Å². The minimum atomic E-state index is 0.144. The van der Waals surface area contributed by atoms with Gasteiger partial charge in [-0.25, -0.2) is 0 Å². The first-order valence-electron chi connectivity index (χ1n) is 9.49. The molecule has 1 aliphatic rings. The Bertz CT molecular complexity index is 710. The average Bonchev–Trinajstić information content (AvgIpc) is 3.21. The number of hydrogen-bond acceptors (Lipinski definition) is 3. The number of amides is 1. The van der Waals surface area contributed by atoms with Crippen molar-refractivity contribution in [3.05, 3.63) is 71.3 Å². The second kappa shape index (κ2) is 8.97. The van der Waals surface area contributed by atoms with Crippen molar-refractivity contribution in [3.8, 4) is 0 Å². The standard InChI is InChI=1S/C22H29N3O/c1-24(22(26)15-19-11-5-6-12-20(19)16-23)17-21(25-13-7-8-14-25)18-9-3-2-4-10-18/h2-6,9-12,21H,7-8,13-17,23H2,1H3. The highest BCUT2D eigenvalue weighted by Crippen LogP contribution is 2.26. The highest BCUT2D eigenvalue weighted by atomic mass is 16.2. The van der Waals surface area contributed by atoms with Gasteiger partial charge < -0.3 is 10.6 Å². The van der Waals surface area contributed by atoms with Crippen molar-refractivity contribution in [2.24, 2.45) is 5.73 Å². The molecule has 1 unspecified atom stereocenters. The number of carbonyl (C=O) groups is 1. The molecule has 1 amide bonds. The fourth-order valence-electron chi connectivity index (χ4n) is 3.75. The van der Waals surface area contributed by atoms with Crippen LogP contribution in [0.2, 0.25) is 0 Å². The van der Waals surface area contributed by atoms with Gasteiger partial charge in [0.05, 0.1) is 12.5 Å². The van der Waals surface area contributed by atoms with E-state index in [1.165, 1.54) is 18.4 Å². The summed E-state index contributed by atoms with van der Waals surface area (Å²) >= 11 is 0. The molecule has 2 aromatic rings. The van der Waals surface area contributed by atoms with Crippen LogP contribution in [0.3, 0.4) is 0 Å². The molecular formula is C22H29N3O. The summed E-state index contributed by atoms with van der Waals surface area (Å²) in [4.78, 5) is 17.2. The van der Waals surface area contributed by atoms with E-state index in [1.807, 2.05) is 42.3 Å². The second-order valence-corrected chi connectivity index (χ2v) is 7.09. The third-order valence-corrected chi connectivity index (χ3v) is 5.32. The van der Waals surface area contributed by atoms with Crippen molar-refractivity contribution in [2.45, 2.75) is 31.8 Å². The number of nitrogens with zero attached hydrogens (tertiary/aromatic N) is 2. The van der Waals surface area contributed by atoms with E-state index in [9.17, 15) is 4.79 Å². The van der Waals surface area contributed by atoms with Crippen molar-refractivity contribution in [3.63, 3.8) is 0 Å². The van der Waals surface area contributed by atoms with E-state index in [1.54, 1.807) is 0 Å². The largest absolute Gasteiger partial charge is 0.344 e. The molecule has 1 atom stereocenters. The lowest BCUT2D eigenvalue weighted by atomic mass is 10.0. The van der Waals surface area contributed by atoms with E-state index in [0.29, 0.717) is 19.5 Å². The highest BCUT2D eigenvalue weighted by molar-refractivity contribution is 5.79. The van der Waals surface area contributed by atoms with E-state index in [2.05, 4.69) is 29.2 Å². The van der Waals surface area contributed by atoms with Gasteiger partial charge in [-0.3, -0.25) is 9.69 Å². The minimum Gasteiger partial charge on any atom is -0.344 e. The van der Waals surface area contributed by atoms with E-state index in [0.717, 1.165) is 24.2 Å². The predicted molar refractivity (Wildman–Crippen MR) is 106 cm³/mol. The monoisotopic (exact) mass is 351 g/mol. The lowest BCUT2D eigenvalue weighted by molar-refractivity contribution is -0.129. The summed E-state index contributed by atoms with van der Waals surface area (Å²) in [6.07, 6.45) is 2.89. The molecule has 1 aliphatic heterocycles. The zero-order valence-corrected chi connectivity index (χ0v) is 15.6. The highest BCUT2D eigenvalue weighted by Gasteiger charge is 2.26. The lowest BCUT2D eigenvalue weighted by Crippen LogP contribution is -2.38. The number of carbonyl (C=O) groups excluding carboxylic acids is 1. The molecule has 0 saturated carbocycles. The zero-order valence-electron chi connectivity index (χ0n) is 15.6. The fraction of sp³-hybridized carbons (Fsp3) is 0.409. The van der Waals surface area contributed by atoms with Crippen LogP contribution in [-0.2, 0) is 17.8 Å². The summed E-state index contributed by atoms with van der Waals surface area (Å²) in [6.45, 7) is 3.40. The average molecular weight is 351 g/mol. The van der Waals surface area contributed by atoms with Gasteiger partial charge in [-0.15, -0.1) is 0 Å². The van der Waals surface area contributed by atoms with E-state index in [-0.39, 0.29) is 11.9 Å². The van der Waals surface area contributed by atoms with Crippen molar-refractivity contribution < 1.29 is 4.79 Å². The van der Waals surface area contributed by atoms with Crippen molar-refractivity contribution in [1.82, 2.24) is 9.80 Å². The Morgan fingerprint density at radius 2 is 1.65 bits per heavy atom. The summed E-state index contributed by atoms with van der Waals surface area (Å²) in [7, 11) is 1.92. The third kappa shape index (κ3) is 4.51. The molecule has 26 heavy (non-hydrogen) atoms. The molecule has 0 aromatic heterocycles. The van der Waals surface area contributed by atoms with Crippen LogP contribution in [0, 0.1) is 0 Å². The van der Waals surface area contributed by atoms with Gasteiger partial charge in [0.2, 0.25) is 5.91 Å². The first-order valence-corrected chi connectivity index (χ1v) is 9.49. The van der Waals surface area contributed by atoms with Crippen LogP contribution in [0.1, 0.15) is 35.6 Å². The summed E-state index contributed by atoms with van der Waals surface area (Å²) in [5.74, 6) is 0.144. The third-order valence-electron chi connectivity index (χ3n) is 5.32. The van der Waals surface area contributed by atoms with Gasteiger partial charge in [0.25, 0.3) is 0 Å². The minimum absolute atomic E-state index is 0.144. The molecule has 2 N–H and O–H groups in total. The molecule has 2 aromatic carbocycles. The SMILES string of the molecule is CN(CC(c1ccccc1)N1CCCC1)C(=O)Cc1ccccc1CN. The molecule has 0 radical (unpaired) electrons. The van der Waals surface area contributed by atoms with Crippen molar-refractivity contribution in [1.29, 1.82) is 0 Å². The van der Waals surface area contributed by atoms with E-state index < -0.39 is 0 Å². The molecule has 1 fully saturated rings. The van der Waals surface area contributed by atoms with Gasteiger partial charge in [-0.1, -0.05) is 54.6 Å². The lowest BCUT2D eigenvalue weighted by Gasteiger charge is -2.32. The smallest absolute Gasteiger partial charge is 0.226 e. The molecule has 138 valence electrons. The molecule has 0 aliphatic carbocycles. The maximum Gasteiger partial charge on any atom is 0.226 e. The molecule has 1 saturated heterocycles. The van der Waals surface area contributed by atoms with Gasteiger partial charge in [-0.2, -0.15) is 0 Å². The van der Waals surface area contributed by atoms with Crippen LogP contribution >= 0.6 is 0 Å². The molecule has 0 spiro atoms. The van der Waals surface area contributed by atoms with Crippen LogP contribution in [0.25, 0.3) is 0 Å². The van der Waals surface area contributed by atoms with Crippen molar-refractivity contribution >= 4 is 5.91 Å². The number of likely N-dealkylation sites (tertiary alicyclic amines) is 1. The topological polar surface area (TPSA) is 49.6 Å². The Kier molecular flexibility index (Phi) is 6.42. The number of nitrogens with two attached hydrogens (primary N) is 1. The Hall–Kier alpha value is -2.17. The molecule has 4 heteroatoms. The quantitative estimate of drug-likeness (QED) is 0.834. The first-order chi connectivity index (χ1) is 12.7. The number of rotatable bonds is 7. The molecule has 0 bridgehead atoms. The van der Waals surface area contributed by atoms with Crippen LogP contribution in [-0.4, -0.2) is 42.4 Å². The molecule has 1 heterocycles. The van der Waals surface area contributed by atoms with Crippen LogP contribution in [0.5, 0.6) is 0 Å². The zero-order chi connectivity index (χ0) is 18.4. The maximum absolute atomic E-state index is 12.8. The Labute approximate surface area is 156 Å². The van der Waals surface area contributed by atoms with Gasteiger partial charge in [0, 0.05) is 20.1 Å². The van der Waals surface area contributed by atoms with Crippen LogP contribution in [0.15, 0.2) is 54.6 Å². The fourth-order valence-corrected chi connectivity index (χ4v) is 3.75. The van der Waals surface area contributed by atoms with E-state index >= 15 is 0 Å². The Morgan fingerprint density at radius 3 is 2.31 bits per heavy atom. The summed E-state index contributed by atoms with van der Waals surface area (Å²) in [6, 6.07) is 18.8. The van der Waals surface area contributed by atoms with Crippen molar-refractivity contribution in [2.75, 3.05) is 26.7 Å². The maximum atomic E-state index is 12.8. The molecule has 4 nitrogen and oxygen atoms in total. The summed E-state index contributed by atoms with van der Waals surface area (Å²) < 4.78 is 0. The predicted octanol–water partition coefficient (Wildman–Crippen LogP) is 2.98. The summed E-state index contributed by atoms with van der Waals surface area (Å²) in [5.41, 5.74) is 9.18. The Morgan fingerprint density at radius 1 is 1.04 bits per heavy atom. The first kappa shape index (κ1) is 18.6.